The molecule has 1 aliphatic heterocycles. The normalized spacial score (nSPS) is 13.2. The smallest absolute Gasteiger partial charge is 0.360 e. The summed E-state index contributed by atoms with van der Waals surface area (Å²) in [6.07, 6.45) is 2.16. The van der Waals surface area contributed by atoms with Crippen molar-refractivity contribution in [1.82, 2.24) is 15.1 Å². The number of fused-ring (bicyclic) bond motifs is 1. The first-order valence-corrected chi connectivity index (χ1v) is 7.06. The molecule has 0 aliphatic carbocycles. The van der Waals surface area contributed by atoms with Crippen molar-refractivity contribution in [3.63, 3.8) is 0 Å². The molecule has 3 rings (SSSR count). The fourth-order valence-corrected chi connectivity index (χ4v) is 2.11. The molecule has 0 spiro atoms. The number of carbonyl (C=O) groups excluding carboxylic acids is 2. The van der Waals surface area contributed by atoms with Crippen molar-refractivity contribution >= 4 is 17.7 Å². The molecule has 1 aliphatic rings. The molecule has 2 aromatic rings. The predicted octanol–water partition coefficient (Wildman–Crippen LogP) is 1.10. The molecule has 120 valence electrons. The summed E-state index contributed by atoms with van der Waals surface area (Å²) in [6.45, 7) is 2.01. The SMILES string of the molecule is CCOC(=O)c1cc(COc2ncnc3c2CCC(=O)N3)on1. The van der Waals surface area contributed by atoms with E-state index < -0.39 is 5.97 Å². The van der Waals surface area contributed by atoms with Crippen LogP contribution >= 0.6 is 0 Å². The van der Waals surface area contributed by atoms with E-state index in [1.807, 2.05) is 0 Å². The first kappa shape index (κ1) is 14.9. The Hall–Kier alpha value is -2.97. The van der Waals surface area contributed by atoms with Gasteiger partial charge in [0.15, 0.2) is 18.1 Å². The van der Waals surface area contributed by atoms with Crippen LogP contribution in [-0.2, 0) is 22.6 Å². The van der Waals surface area contributed by atoms with Gasteiger partial charge in [-0.25, -0.2) is 14.8 Å². The van der Waals surface area contributed by atoms with Gasteiger partial charge >= 0.3 is 5.97 Å². The van der Waals surface area contributed by atoms with Gasteiger partial charge in [0.2, 0.25) is 11.8 Å². The number of hydrogen-bond acceptors (Lipinski definition) is 8. The lowest BCUT2D eigenvalue weighted by Crippen LogP contribution is -2.21. The van der Waals surface area contributed by atoms with Gasteiger partial charge in [-0.3, -0.25) is 4.79 Å². The zero-order chi connectivity index (χ0) is 16.2. The average molecular weight is 318 g/mol. The highest BCUT2D eigenvalue weighted by atomic mass is 16.5. The summed E-state index contributed by atoms with van der Waals surface area (Å²) in [5.74, 6) is 0.543. The molecule has 3 heterocycles. The zero-order valence-electron chi connectivity index (χ0n) is 12.4. The second-order valence-electron chi connectivity index (χ2n) is 4.74. The third kappa shape index (κ3) is 3.28. The van der Waals surface area contributed by atoms with E-state index >= 15 is 0 Å². The lowest BCUT2D eigenvalue weighted by molar-refractivity contribution is -0.116. The summed E-state index contributed by atoms with van der Waals surface area (Å²) in [7, 11) is 0. The Labute approximate surface area is 131 Å². The number of ether oxygens (including phenoxy) is 2. The van der Waals surface area contributed by atoms with Crippen LogP contribution in [0.3, 0.4) is 0 Å². The predicted molar refractivity (Wildman–Crippen MR) is 75.8 cm³/mol. The molecule has 0 fully saturated rings. The lowest BCUT2D eigenvalue weighted by atomic mass is 10.1. The molecular formula is C14H14N4O5. The molecule has 0 unspecified atom stereocenters. The Balaban J connectivity index is 1.68. The van der Waals surface area contributed by atoms with Gasteiger partial charge in [0.05, 0.1) is 12.2 Å². The summed E-state index contributed by atoms with van der Waals surface area (Å²) in [5.41, 5.74) is 0.819. The van der Waals surface area contributed by atoms with Crippen LogP contribution < -0.4 is 10.1 Å². The van der Waals surface area contributed by atoms with Crippen LogP contribution in [0.2, 0.25) is 0 Å². The minimum atomic E-state index is -0.551. The summed E-state index contributed by atoms with van der Waals surface area (Å²) < 4.78 is 15.4. The van der Waals surface area contributed by atoms with E-state index in [0.717, 1.165) is 5.56 Å². The minimum absolute atomic E-state index is 0.0454. The summed E-state index contributed by atoms with van der Waals surface area (Å²) in [5, 5.41) is 6.29. The molecule has 9 heteroatoms. The van der Waals surface area contributed by atoms with Crippen molar-refractivity contribution < 1.29 is 23.6 Å². The van der Waals surface area contributed by atoms with Crippen molar-refractivity contribution in [2.75, 3.05) is 11.9 Å². The second kappa shape index (κ2) is 6.42. The van der Waals surface area contributed by atoms with Crippen LogP contribution in [-0.4, -0.2) is 33.6 Å². The van der Waals surface area contributed by atoms with E-state index in [-0.39, 0.29) is 24.8 Å². The number of nitrogens with one attached hydrogen (secondary N) is 1. The Morgan fingerprint density at radius 3 is 3.09 bits per heavy atom. The summed E-state index contributed by atoms with van der Waals surface area (Å²) in [4.78, 5) is 30.9. The van der Waals surface area contributed by atoms with Crippen LogP contribution in [0.15, 0.2) is 16.9 Å². The van der Waals surface area contributed by atoms with Crippen LogP contribution in [0.5, 0.6) is 5.88 Å². The Bertz CT molecular complexity index is 743. The molecule has 2 aromatic heterocycles. The number of esters is 1. The van der Waals surface area contributed by atoms with E-state index in [2.05, 4.69) is 20.4 Å². The number of aromatic nitrogens is 3. The van der Waals surface area contributed by atoms with Crippen molar-refractivity contribution in [2.24, 2.45) is 0 Å². The van der Waals surface area contributed by atoms with Gasteiger partial charge in [0.1, 0.15) is 12.1 Å². The summed E-state index contributed by atoms with van der Waals surface area (Å²) >= 11 is 0. The fraction of sp³-hybridized carbons (Fsp3) is 0.357. The highest BCUT2D eigenvalue weighted by Crippen LogP contribution is 2.27. The fourth-order valence-electron chi connectivity index (χ4n) is 2.11. The van der Waals surface area contributed by atoms with Gasteiger partial charge < -0.3 is 19.3 Å². The van der Waals surface area contributed by atoms with E-state index in [0.29, 0.717) is 30.3 Å². The average Bonchev–Trinajstić information content (AvgIpc) is 3.02. The van der Waals surface area contributed by atoms with E-state index in [9.17, 15) is 9.59 Å². The van der Waals surface area contributed by atoms with Gasteiger partial charge in [-0.1, -0.05) is 5.16 Å². The van der Waals surface area contributed by atoms with Gasteiger partial charge in [-0.05, 0) is 13.3 Å². The van der Waals surface area contributed by atoms with Crippen LogP contribution in [0, 0.1) is 0 Å². The number of amides is 1. The maximum absolute atomic E-state index is 11.5. The monoisotopic (exact) mass is 318 g/mol. The molecule has 23 heavy (non-hydrogen) atoms. The third-order valence-corrected chi connectivity index (χ3v) is 3.16. The first-order chi connectivity index (χ1) is 11.2. The number of anilines is 1. The van der Waals surface area contributed by atoms with E-state index in [1.165, 1.54) is 12.4 Å². The lowest BCUT2D eigenvalue weighted by Gasteiger charge is -2.17. The highest BCUT2D eigenvalue weighted by Gasteiger charge is 2.21. The Morgan fingerprint density at radius 2 is 2.26 bits per heavy atom. The molecular weight excluding hydrogens is 304 g/mol. The third-order valence-electron chi connectivity index (χ3n) is 3.16. The zero-order valence-corrected chi connectivity index (χ0v) is 12.4. The van der Waals surface area contributed by atoms with E-state index in [4.69, 9.17) is 14.0 Å². The van der Waals surface area contributed by atoms with Crippen LogP contribution in [0.1, 0.15) is 35.2 Å². The first-order valence-electron chi connectivity index (χ1n) is 7.06. The van der Waals surface area contributed by atoms with Crippen molar-refractivity contribution in [3.8, 4) is 5.88 Å². The topological polar surface area (TPSA) is 116 Å². The number of hydrogen-bond donors (Lipinski definition) is 1. The van der Waals surface area contributed by atoms with Crippen LogP contribution in [0.25, 0.3) is 0 Å². The molecule has 0 aromatic carbocycles. The number of rotatable bonds is 5. The highest BCUT2D eigenvalue weighted by molar-refractivity contribution is 5.93. The van der Waals surface area contributed by atoms with Gasteiger partial charge in [-0.15, -0.1) is 0 Å². The quantitative estimate of drug-likeness (QED) is 0.815. The van der Waals surface area contributed by atoms with E-state index in [1.54, 1.807) is 6.92 Å². The molecule has 0 saturated carbocycles. The molecule has 0 bridgehead atoms. The minimum Gasteiger partial charge on any atom is -0.469 e. The van der Waals surface area contributed by atoms with Crippen LogP contribution in [0.4, 0.5) is 5.82 Å². The largest absolute Gasteiger partial charge is 0.469 e. The molecule has 1 amide bonds. The maximum atomic E-state index is 11.5. The number of nitrogens with zero attached hydrogens (tertiary/aromatic N) is 3. The maximum Gasteiger partial charge on any atom is 0.360 e. The molecule has 9 nitrogen and oxygen atoms in total. The van der Waals surface area contributed by atoms with Gasteiger partial charge in [0, 0.05) is 12.5 Å². The van der Waals surface area contributed by atoms with Gasteiger partial charge in [-0.2, -0.15) is 0 Å². The number of carbonyl (C=O) groups is 2. The molecule has 0 atom stereocenters. The van der Waals surface area contributed by atoms with Crippen molar-refractivity contribution in [1.29, 1.82) is 0 Å². The molecule has 1 N–H and O–H groups in total. The van der Waals surface area contributed by atoms with Crippen molar-refractivity contribution in [2.45, 2.75) is 26.4 Å². The molecule has 0 saturated heterocycles. The Morgan fingerprint density at radius 1 is 1.39 bits per heavy atom. The second-order valence-corrected chi connectivity index (χ2v) is 4.74. The van der Waals surface area contributed by atoms with Gasteiger partial charge in [0.25, 0.3) is 0 Å². The standard InChI is InChI=1S/C14H14N4O5/c1-2-21-14(20)10-5-8(23-18-10)6-22-13-9-3-4-11(19)17-12(9)15-7-16-13/h5,7H,2-4,6H2,1H3,(H,15,16,17,19). The molecule has 0 radical (unpaired) electrons. The Kier molecular flexibility index (Phi) is 4.18. The summed E-state index contributed by atoms with van der Waals surface area (Å²) in [6, 6.07) is 1.45. The van der Waals surface area contributed by atoms with Crippen molar-refractivity contribution in [3.05, 3.63) is 29.4 Å².